The van der Waals surface area contributed by atoms with Crippen LogP contribution in [0.3, 0.4) is 0 Å². The minimum Gasteiger partial charge on any atom is -0.496 e. The van der Waals surface area contributed by atoms with Crippen LogP contribution in [0.15, 0.2) is 28.2 Å². The Labute approximate surface area is 127 Å². The van der Waals surface area contributed by atoms with Crippen molar-refractivity contribution in [2.24, 2.45) is 0 Å². The molecule has 0 bridgehead atoms. The Kier molecular flexibility index (Phi) is 5.46. The summed E-state index contributed by atoms with van der Waals surface area (Å²) in [5.74, 6) is 1.55. The molecule has 1 aromatic heterocycles. The van der Waals surface area contributed by atoms with Gasteiger partial charge in [-0.15, -0.1) is 5.10 Å². The quantitative estimate of drug-likeness (QED) is 0.760. The minimum atomic E-state index is -0.170. The molecule has 0 spiro atoms. The van der Waals surface area contributed by atoms with E-state index >= 15 is 0 Å². The van der Waals surface area contributed by atoms with E-state index in [-0.39, 0.29) is 5.69 Å². The zero-order chi connectivity index (χ0) is 15.2. The standard InChI is InChI=1S/C14H20N4O2S/c1-4-18-13(19)16-17-14(18)21-9-11-7-10(8-15-2)5-6-12(11)20-3/h5-7,15H,4,8-9H2,1-3H3,(H,16,19). The number of H-pyrrole nitrogens is 1. The van der Waals surface area contributed by atoms with Gasteiger partial charge in [-0.25, -0.2) is 9.89 Å². The van der Waals surface area contributed by atoms with Crippen molar-refractivity contribution < 1.29 is 4.74 Å². The summed E-state index contributed by atoms with van der Waals surface area (Å²) >= 11 is 1.52. The van der Waals surface area contributed by atoms with E-state index in [1.54, 1.807) is 11.7 Å². The number of ether oxygens (including phenoxy) is 1. The number of aromatic nitrogens is 3. The summed E-state index contributed by atoms with van der Waals surface area (Å²) in [7, 11) is 3.58. The maximum Gasteiger partial charge on any atom is 0.343 e. The van der Waals surface area contributed by atoms with Gasteiger partial charge in [0.25, 0.3) is 0 Å². The summed E-state index contributed by atoms with van der Waals surface area (Å²) in [4.78, 5) is 11.5. The van der Waals surface area contributed by atoms with Crippen molar-refractivity contribution in [3.05, 3.63) is 39.8 Å². The molecule has 6 nitrogen and oxygen atoms in total. The highest BCUT2D eigenvalue weighted by Gasteiger charge is 2.10. The number of nitrogens with one attached hydrogen (secondary N) is 2. The average molecular weight is 308 g/mol. The molecule has 2 rings (SSSR count). The fraction of sp³-hybridized carbons (Fsp3) is 0.429. The zero-order valence-electron chi connectivity index (χ0n) is 12.5. The summed E-state index contributed by atoms with van der Waals surface area (Å²) in [6.07, 6.45) is 0. The molecule has 0 atom stereocenters. The Balaban J connectivity index is 2.18. The van der Waals surface area contributed by atoms with E-state index in [0.29, 0.717) is 17.5 Å². The third kappa shape index (κ3) is 3.68. The van der Waals surface area contributed by atoms with Crippen LogP contribution in [0, 0.1) is 0 Å². The van der Waals surface area contributed by atoms with E-state index in [0.717, 1.165) is 17.9 Å². The molecule has 2 aromatic rings. The van der Waals surface area contributed by atoms with Crippen molar-refractivity contribution in [2.45, 2.75) is 30.9 Å². The highest BCUT2D eigenvalue weighted by atomic mass is 32.2. The second-order valence-electron chi connectivity index (χ2n) is 4.52. The topological polar surface area (TPSA) is 71.9 Å². The van der Waals surface area contributed by atoms with Gasteiger partial charge in [0.05, 0.1) is 7.11 Å². The van der Waals surface area contributed by atoms with Crippen LogP contribution in [-0.4, -0.2) is 28.9 Å². The molecule has 2 N–H and O–H groups in total. The van der Waals surface area contributed by atoms with Gasteiger partial charge in [-0.1, -0.05) is 17.8 Å². The SMILES string of the molecule is CCn1c(SCc2cc(CNC)ccc2OC)n[nH]c1=O. The molecule has 0 aliphatic heterocycles. The number of hydrogen-bond acceptors (Lipinski definition) is 5. The maximum absolute atomic E-state index is 11.5. The molecule has 0 radical (unpaired) electrons. The van der Waals surface area contributed by atoms with Gasteiger partial charge in [0, 0.05) is 24.4 Å². The molecule has 0 unspecified atom stereocenters. The second-order valence-corrected chi connectivity index (χ2v) is 5.46. The van der Waals surface area contributed by atoms with Crippen molar-refractivity contribution in [3.63, 3.8) is 0 Å². The molecule has 114 valence electrons. The van der Waals surface area contributed by atoms with Crippen molar-refractivity contribution in [1.82, 2.24) is 20.1 Å². The average Bonchev–Trinajstić information content (AvgIpc) is 2.85. The van der Waals surface area contributed by atoms with Crippen molar-refractivity contribution >= 4 is 11.8 Å². The van der Waals surface area contributed by atoms with Crippen LogP contribution in [0.25, 0.3) is 0 Å². The predicted molar refractivity (Wildman–Crippen MR) is 83.8 cm³/mol. The molecule has 0 fully saturated rings. The van der Waals surface area contributed by atoms with Gasteiger partial charge in [0.2, 0.25) is 0 Å². The Morgan fingerprint density at radius 1 is 1.48 bits per heavy atom. The number of benzene rings is 1. The molecule has 1 aromatic carbocycles. The Bertz CT molecular complexity index is 651. The van der Waals surface area contributed by atoms with Crippen LogP contribution in [0.2, 0.25) is 0 Å². The fourth-order valence-electron chi connectivity index (χ4n) is 2.09. The van der Waals surface area contributed by atoms with Gasteiger partial charge >= 0.3 is 5.69 Å². The molecule has 7 heteroatoms. The van der Waals surface area contributed by atoms with Crippen LogP contribution < -0.4 is 15.7 Å². The summed E-state index contributed by atoms with van der Waals surface area (Å²) < 4.78 is 7.02. The van der Waals surface area contributed by atoms with Gasteiger partial charge in [-0.05, 0) is 31.7 Å². The monoisotopic (exact) mass is 308 g/mol. The summed E-state index contributed by atoms with van der Waals surface area (Å²) in [6, 6.07) is 6.13. The highest BCUT2D eigenvalue weighted by Crippen LogP contribution is 2.27. The van der Waals surface area contributed by atoms with E-state index in [1.807, 2.05) is 26.1 Å². The molecule has 0 saturated carbocycles. The highest BCUT2D eigenvalue weighted by molar-refractivity contribution is 7.98. The van der Waals surface area contributed by atoms with Crippen molar-refractivity contribution in [2.75, 3.05) is 14.2 Å². The van der Waals surface area contributed by atoms with Gasteiger partial charge in [0.15, 0.2) is 5.16 Å². The lowest BCUT2D eigenvalue weighted by Gasteiger charge is -2.10. The lowest BCUT2D eigenvalue weighted by molar-refractivity contribution is 0.411. The Morgan fingerprint density at radius 3 is 2.95 bits per heavy atom. The van der Waals surface area contributed by atoms with E-state index in [4.69, 9.17) is 4.74 Å². The molecule has 0 saturated heterocycles. The third-order valence-electron chi connectivity index (χ3n) is 3.12. The van der Waals surface area contributed by atoms with Crippen molar-refractivity contribution in [3.8, 4) is 5.75 Å². The molecule has 0 amide bonds. The number of methoxy groups -OCH3 is 1. The number of hydrogen-bond donors (Lipinski definition) is 2. The first-order valence-electron chi connectivity index (χ1n) is 6.78. The smallest absolute Gasteiger partial charge is 0.343 e. The molecule has 0 aliphatic carbocycles. The van der Waals surface area contributed by atoms with E-state index in [1.165, 1.54) is 17.3 Å². The number of rotatable bonds is 7. The zero-order valence-corrected chi connectivity index (χ0v) is 13.3. The minimum absolute atomic E-state index is 0.170. The van der Waals surface area contributed by atoms with Crippen LogP contribution >= 0.6 is 11.8 Å². The van der Waals surface area contributed by atoms with E-state index in [9.17, 15) is 4.79 Å². The summed E-state index contributed by atoms with van der Waals surface area (Å²) in [5, 5.41) is 10.4. The van der Waals surface area contributed by atoms with E-state index < -0.39 is 0 Å². The van der Waals surface area contributed by atoms with Crippen LogP contribution in [0.4, 0.5) is 0 Å². The normalized spacial score (nSPS) is 10.8. The number of nitrogens with zero attached hydrogens (tertiary/aromatic N) is 2. The third-order valence-corrected chi connectivity index (χ3v) is 4.15. The van der Waals surface area contributed by atoms with Gasteiger partial charge in [0.1, 0.15) is 5.75 Å². The summed E-state index contributed by atoms with van der Waals surface area (Å²) in [5.41, 5.74) is 2.12. The lowest BCUT2D eigenvalue weighted by atomic mass is 10.1. The summed E-state index contributed by atoms with van der Waals surface area (Å²) in [6.45, 7) is 3.34. The fourth-order valence-corrected chi connectivity index (χ4v) is 3.08. The van der Waals surface area contributed by atoms with E-state index in [2.05, 4.69) is 21.6 Å². The first-order chi connectivity index (χ1) is 10.2. The van der Waals surface area contributed by atoms with Crippen LogP contribution in [0.5, 0.6) is 5.75 Å². The number of thioether (sulfide) groups is 1. The van der Waals surface area contributed by atoms with Gasteiger partial charge < -0.3 is 10.1 Å². The molecule has 0 aliphatic rings. The Hall–Kier alpha value is -1.73. The van der Waals surface area contributed by atoms with Crippen LogP contribution in [-0.2, 0) is 18.8 Å². The van der Waals surface area contributed by atoms with Crippen molar-refractivity contribution in [1.29, 1.82) is 0 Å². The second kappa shape index (κ2) is 7.33. The first-order valence-corrected chi connectivity index (χ1v) is 7.76. The number of aromatic amines is 1. The lowest BCUT2D eigenvalue weighted by Crippen LogP contribution is -2.16. The molecular formula is C14H20N4O2S. The maximum atomic E-state index is 11.5. The molecule has 21 heavy (non-hydrogen) atoms. The first kappa shape index (κ1) is 15.7. The van der Waals surface area contributed by atoms with Gasteiger partial charge in [-0.2, -0.15) is 0 Å². The predicted octanol–water partition coefficient (Wildman–Crippen LogP) is 1.61. The largest absolute Gasteiger partial charge is 0.496 e. The molecule has 1 heterocycles. The van der Waals surface area contributed by atoms with Crippen LogP contribution in [0.1, 0.15) is 18.1 Å². The Morgan fingerprint density at radius 2 is 2.29 bits per heavy atom. The van der Waals surface area contributed by atoms with Gasteiger partial charge in [-0.3, -0.25) is 4.57 Å². The molecular weight excluding hydrogens is 288 g/mol.